The molecule has 1 heterocycles. The van der Waals surface area contributed by atoms with Crippen molar-refractivity contribution in [3.8, 4) is 0 Å². The summed E-state index contributed by atoms with van der Waals surface area (Å²) in [5, 5.41) is 3.80. The van der Waals surface area contributed by atoms with E-state index >= 15 is 0 Å². The fourth-order valence-corrected chi connectivity index (χ4v) is 4.17. The van der Waals surface area contributed by atoms with Crippen LogP contribution >= 0.6 is 23.4 Å². The summed E-state index contributed by atoms with van der Waals surface area (Å²) in [6.45, 7) is 3.15. The summed E-state index contributed by atoms with van der Waals surface area (Å²) < 4.78 is 13.0. The van der Waals surface area contributed by atoms with E-state index in [1.807, 2.05) is 36.4 Å². The maximum atomic E-state index is 13.0. The van der Waals surface area contributed by atoms with Crippen molar-refractivity contribution in [2.45, 2.75) is 24.3 Å². The van der Waals surface area contributed by atoms with Crippen molar-refractivity contribution in [2.75, 3.05) is 25.4 Å². The van der Waals surface area contributed by atoms with E-state index in [4.69, 9.17) is 11.6 Å². The fraction of sp³-hybridized carbons (Fsp3) is 0.381. The van der Waals surface area contributed by atoms with Gasteiger partial charge in [0, 0.05) is 35.3 Å². The molecule has 2 aromatic carbocycles. The Morgan fingerprint density at radius 2 is 1.93 bits per heavy atom. The first-order chi connectivity index (χ1) is 13.1. The van der Waals surface area contributed by atoms with Crippen molar-refractivity contribution in [1.82, 2.24) is 10.2 Å². The third-order valence-electron chi connectivity index (χ3n) is 4.68. The third kappa shape index (κ3) is 6.52. The molecule has 2 aromatic rings. The van der Waals surface area contributed by atoms with E-state index in [9.17, 15) is 9.18 Å². The van der Waals surface area contributed by atoms with E-state index in [1.54, 1.807) is 11.8 Å². The Balaban J connectivity index is 1.40. The van der Waals surface area contributed by atoms with Crippen molar-refractivity contribution in [2.24, 2.45) is 5.92 Å². The lowest BCUT2D eigenvalue weighted by Crippen LogP contribution is -2.43. The Labute approximate surface area is 169 Å². The molecule has 27 heavy (non-hydrogen) atoms. The summed E-state index contributed by atoms with van der Waals surface area (Å²) in [5.74, 6) is 0.778. The molecular weight excluding hydrogens is 383 g/mol. The van der Waals surface area contributed by atoms with Crippen LogP contribution in [0.4, 0.5) is 4.39 Å². The first-order valence-corrected chi connectivity index (χ1v) is 10.6. The normalized spacial score (nSPS) is 17.6. The Morgan fingerprint density at radius 3 is 2.67 bits per heavy atom. The first-order valence-electron chi connectivity index (χ1n) is 9.23. The van der Waals surface area contributed by atoms with Gasteiger partial charge in [-0.15, -0.1) is 11.8 Å². The van der Waals surface area contributed by atoms with Crippen molar-refractivity contribution in [3.63, 3.8) is 0 Å². The van der Waals surface area contributed by atoms with Crippen molar-refractivity contribution >= 4 is 29.3 Å². The zero-order valence-corrected chi connectivity index (χ0v) is 16.7. The van der Waals surface area contributed by atoms with Gasteiger partial charge in [0.1, 0.15) is 5.82 Å². The molecule has 0 radical (unpaired) electrons. The third-order valence-corrected chi connectivity index (χ3v) is 5.95. The molecule has 3 nitrogen and oxygen atoms in total. The van der Waals surface area contributed by atoms with E-state index in [0.29, 0.717) is 6.54 Å². The second-order valence-corrected chi connectivity index (χ2v) is 8.40. The molecule has 0 unspecified atom stereocenters. The van der Waals surface area contributed by atoms with Crippen molar-refractivity contribution < 1.29 is 9.18 Å². The van der Waals surface area contributed by atoms with Crippen molar-refractivity contribution in [1.29, 1.82) is 0 Å². The first kappa shape index (κ1) is 20.2. The monoisotopic (exact) mass is 406 g/mol. The van der Waals surface area contributed by atoms with Gasteiger partial charge >= 0.3 is 0 Å². The van der Waals surface area contributed by atoms with Gasteiger partial charge in [-0.2, -0.15) is 0 Å². The molecule has 1 N–H and O–H groups in total. The topological polar surface area (TPSA) is 32.3 Å². The van der Waals surface area contributed by atoms with Gasteiger partial charge in [-0.05, 0) is 61.3 Å². The lowest BCUT2D eigenvalue weighted by Gasteiger charge is -2.32. The quantitative estimate of drug-likeness (QED) is 0.538. The van der Waals surface area contributed by atoms with E-state index in [-0.39, 0.29) is 17.6 Å². The van der Waals surface area contributed by atoms with E-state index in [0.717, 1.165) is 53.7 Å². The maximum absolute atomic E-state index is 13.0. The molecule has 1 aliphatic rings. The number of nitrogens with zero attached hydrogens (tertiary/aromatic N) is 1. The molecule has 0 spiro atoms. The summed E-state index contributed by atoms with van der Waals surface area (Å²) in [7, 11) is 0. The summed E-state index contributed by atoms with van der Waals surface area (Å²) in [6.07, 6.45) is 1.94. The molecule has 0 aromatic heterocycles. The average Bonchev–Trinajstić information content (AvgIpc) is 2.68. The molecule has 1 atom stereocenters. The molecule has 0 saturated carbocycles. The summed E-state index contributed by atoms with van der Waals surface area (Å²) in [4.78, 5) is 15.9. The minimum Gasteiger partial charge on any atom is -0.355 e. The molecule has 6 heteroatoms. The molecule has 0 aliphatic carbocycles. The van der Waals surface area contributed by atoms with Crippen molar-refractivity contribution in [3.05, 3.63) is 64.9 Å². The van der Waals surface area contributed by atoms with Crippen LogP contribution in [0.15, 0.2) is 53.4 Å². The number of piperidine rings is 1. The highest BCUT2D eigenvalue weighted by molar-refractivity contribution is 7.99. The van der Waals surface area contributed by atoms with Gasteiger partial charge in [0.25, 0.3) is 0 Å². The number of thioether (sulfide) groups is 1. The van der Waals surface area contributed by atoms with Crippen LogP contribution in [0.2, 0.25) is 5.02 Å². The number of carbonyl (C=O) groups excluding carboxylic acids is 1. The minimum atomic E-state index is -0.217. The fourth-order valence-electron chi connectivity index (χ4n) is 3.28. The SMILES string of the molecule is O=C(NCCSc1ccc(Cl)cc1)[C@@H]1CCCN(Cc2ccc(F)cc2)C1. The number of halogens is 2. The van der Waals surface area contributed by atoms with Gasteiger partial charge in [-0.1, -0.05) is 23.7 Å². The second kappa shape index (κ2) is 10.1. The molecule has 1 saturated heterocycles. The van der Waals surface area contributed by atoms with Gasteiger partial charge in [0.15, 0.2) is 0 Å². The largest absolute Gasteiger partial charge is 0.355 e. The predicted octanol–water partition coefficient (Wildman–Crippen LogP) is 4.60. The number of carbonyl (C=O) groups is 1. The van der Waals surface area contributed by atoms with Gasteiger partial charge in [-0.3, -0.25) is 9.69 Å². The Hall–Kier alpha value is -1.56. The Bertz CT molecular complexity index is 739. The van der Waals surface area contributed by atoms with E-state index in [2.05, 4.69) is 10.2 Å². The molecule has 144 valence electrons. The van der Waals surface area contributed by atoms with Crippen LogP contribution < -0.4 is 5.32 Å². The highest BCUT2D eigenvalue weighted by Gasteiger charge is 2.25. The van der Waals surface area contributed by atoms with Crippen LogP contribution in [-0.4, -0.2) is 36.2 Å². The summed E-state index contributed by atoms with van der Waals surface area (Å²) >= 11 is 7.59. The standard InChI is InChI=1S/C21H24ClFN2OS/c22-18-5-9-20(10-6-18)27-13-11-24-21(26)17-2-1-12-25(15-17)14-16-3-7-19(23)8-4-16/h3-10,17H,1-2,11-15H2,(H,24,26)/t17-/m1/s1. The zero-order valence-electron chi connectivity index (χ0n) is 15.2. The van der Waals surface area contributed by atoms with Crippen LogP contribution in [0.1, 0.15) is 18.4 Å². The smallest absolute Gasteiger partial charge is 0.224 e. The number of amides is 1. The molecule has 1 aliphatic heterocycles. The van der Waals surface area contributed by atoms with Crippen LogP contribution in [-0.2, 0) is 11.3 Å². The number of rotatable bonds is 7. The van der Waals surface area contributed by atoms with Gasteiger partial charge in [0.05, 0.1) is 5.92 Å². The van der Waals surface area contributed by atoms with Crippen LogP contribution in [0, 0.1) is 11.7 Å². The number of benzene rings is 2. The number of hydrogen-bond acceptors (Lipinski definition) is 3. The molecular formula is C21H24ClFN2OS. The zero-order chi connectivity index (χ0) is 19.1. The highest BCUT2D eigenvalue weighted by Crippen LogP contribution is 2.21. The Kier molecular flexibility index (Phi) is 7.56. The molecule has 0 bridgehead atoms. The lowest BCUT2D eigenvalue weighted by atomic mass is 9.96. The average molecular weight is 407 g/mol. The lowest BCUT2D eigenvalue weighted by molar-refractivity contribution is -0.126. The number of nitrogens with one attached hydrogen (secondary N) is 1. The second-order valence-electron chi connectivity index (χ2n) is 6.79. The van der Waals surface area contributed by atoms with Crippen LogP contribution in [0.3, 0.4) is 0 Å². The summed E-state index contributed by atoms with van der Waals surface area (Å²) in [5.41, 5.74) is 1.08. The minimum absolute atomic E-state index is 0.0275. The number of likely N-dealkylation sites (tertiary alicyclic amines) is 1. The van der Waals surface area contributed by atoms with E-state index < -0.39 is 0 Å². The molecule has 1 amide bonds. The highest BCUT2D eigenvalue weighted by atomic mass is 35.5. The van der Waals surface area contributed by atoms with E-state index in [1.165, 1.54) is 12.1 Å². The van der Waals surface area contributed by atoms with Gasteiger partial charge < -0.3 is 5.32 Å². The Morgan fingerprint density at radius 1 is 1.19 bits per heavy atom. The van der Waals surface area contributed by atoms with Crippen LogP contribution in [0.25, 0.3) is 0 Å². The van der Waals surface area contributed by atoms with Gasteiger partial charge in [0.2, 0.25) is 5.91 Å². The number of hydrogen-bond donors (Lipinski definition) is 1. The molecule has 1 fully saturated rings. The van der Waals surface area contributed by atoms with Gasteiger partial charge in [-0.25, -0.2) is 4.39 Å². The maximum Gasteiger partial charge on any atom is 0.224 e. The predicted molar refractivity (Wildman–Crippen MR) is 110 cm³/mol. The summed E-state index contributed by atoms with van der Waals surface area (Å²) in [6, 6.07) is 14.3. The van der Waals surface area contributed by atoms with Crippen LogP contribution in [0.5, 0.6) is 0 Å². The molecule has 3 rings (SSSR count).